The molecule has 0 saturated carbocycles. The summed E-state index contributed by atoms with van der Waals surface area (Å²) in [6, 6.07) is 0. The molecule has 0 amide bonds. The Labute approximate surface area is 122 Å². The minimum atomic E-state index is 0.0860. The van der Waals surface area contributed by atoms with Crippen molar-refractivity contribution >= 4 is 11.3 Å². The topological polar surface area (TPSA) is 51.4 Å². The molecule has 1 aliphatic rings. The van der Waals surface area contributed by atoms with E-state index >= 15 is 0 Å². The highest BCUT2D eigenvalue weighted by atomic mass is 32.1. The molecule has 0 unspecified atom stereocenters. The molecule has 3 heterocycles. The van der Waals surface area contributed by atoms with Gasteiger partial charge >= 0.3 is 0 Å². The van der Waals surface area contributed by atoms with Gasteiger partial charge in [-0.05, 0) is 20.8 Å². The Hall–Kier alpha value is -1.24. The van der Waals surface area contributed by atoms with Gasteiger partial charge < -0.3 is 9.26 Å². The Morgan fingerprint density at radius 3 is 2.90 bits per heavy atom. The van der Waals surface area contributed by atoms with Gasteiger partial charge in [-0.3, -0.25) is 4.90 Å². The number of aryl methyl sites for hydroxylation is 3. The van der Waals surface area contributed by atoms with Crippen molar-refractivity contribution in [3.05, 3.63) is 33.1 Å². The van der Waals surface area contributed by atoms with Crippen molar-refractivity contribution < 1.29 is 9.26 Å². The lowest BCUT2D eigenvalue weighted by atomic mass is 10.1. The summed E-state index contributed by atoms with van der Waals surface area (Å²) in [5.74, 6) is 0.913. The average Bonchev–Trinajstić information content (AvgIpc) is 3.00. The fourth-order valence-corrected chi connectivity index (χ4v) is 3.30. The lowest BCUT2D eigenvalue weighted by molar-refractivity contribution is -0.0332. The SMILES string of the molecule is Cc1csc([C@@H]2CN(Cc3c(C)noc3C)CCO2)n1. The summed E-state index contributed by atoms with van der Waals surface area (Å²) in [6.45, 7) is 9.40. The molecular weight excluding hydrogens is 274 g/mol. The second-order valence-electron chi connectivity index (χ2n) is 5.22. The first-order valence-electron chi connectivity index (χ1n) is 6.81. The van der Waals surface area contributed by atoms with Crippen LogP contribution in [0.1, 0.15) is 33.8 Å². The van der Waals surface area contributed by atoms with Crippen LogP contribution in [0.2, 0.25) is 0 Å². The number of thiazole rings is 1. The zero-order valence-electron chi connectivity index (χ0n) is 12.0. The summed E-state index contributed by atoms with van der Waals surface area (Å²) in [5.41, 5.74) is 3.24. The summed E-state index contributed by atoms with van der Waals surface area (Å²) >= 11 is 1.68. The van der Waals surface area contributed by atoms with E-state index in [2.05, 4.69) is 20.4 Å². The maximum Gasteiger partial charge on any atom is 0.138 e. The summed E-state index contributed by atoms with van der Waals surface area (Å²) in [5, 5.41) is 7.17. The van der Waals surface area contributed by atoms with Crippen LogP contribution >= 0.6 is 11.3 Å². The normalized spacial score (nSPS) is 20.4. The van der Waals surface area contributed by atoms with Crippen LogP contribution in [0, 0.1) is 20.8 Å². The van der Waals surface area contributed by atoms with Crippen LogP contribution in [0.4, 0.5) is 0 Å². The van der Waals surface area contributed by atoms with E-state index in [0.717, 1.165) is 48.4 Å². The Morgan fingerprint density at radius 2 is 2.25 bits per heavy atom. The summed E-state index contributed by atoms with van der Waals surface area (Å²) < 4.78 is 11.1. The van der Waals surface area contributed by atoms with Crippen molar-refractivity contribution in [1.82, 2.24) is 15.0 Å². The molecule has 5 nitrogen and oxygen atoms in total. The third-order valence-corrected chi connectivity index (χ3v) is 4.68. The molecule has 0 N–H and O–H groups in total. The molecule has 0 radical (unpaired) electrons. The zero-order chi connectivity index (χ0) is 14.1. The first kappa shape index (κ1) is 13.7. The van der Waals surface area contributed by atoms with Gasteiger partial charge in [-0.15, -0.1) is 11.3 Å². The lowest BCUT2D eigenvalue weighted by Crippen LogP contribution is -2.38. The number of rotatable bonds is 3. The van der Waals surface area contributed by atoms with Crippen molar-refractivity contribution in [2.24, 2.45) is 0 Å². The molecule has 0 aliphatic carbocycles. The molecule has 108 valence electrons. The third-order valence-electron chi connectivity index (χ3n) is 3.63. The summed E-state index contributed by atoms with van der Waals surface area (Å²) in [6.07, 6.45) is 0.0860. The van der Waals surface area contributed by atoms with Gasteiger partial charge in [-0.1, -0.05) is 5.16 Å². The van der Waals surface area contributed by atoms with E-state index in [4.69, 9.17) is 9.26 Å². The highest BCUT2D eigenvalue weighted by molar-refractivity contribution is 7.09. The predicted octanol–water partition coefficient (Wildman–Crippen LogP) is 2.63. The molecule has 2 aromatic rings. The first-order chi connectivity index (χ1) is 9.63. The molecule has 6 heteroatoms. The van der Waals surface area contributed by atoms with E-state index in [-0.39, 0.29) is 6.10 Å². The summed E-state index contributed by atoms with van der Waals surface area (Å²) in [7, 11) is 0. The Morgan fingerprint density at radius 1 is 1.40 bits per heavy atom. The number of nitrogens with zero attached hydrogens (tertiary/aromatic N) is 3. The van der Waals surface area contributed by atoms with Crippen molar-refractivity contribution in [2.45, 2.75) is 33.4 Å². The minimum absolute atomic E-state index is 0.0860. The van der Waals surface area contributed by atoms with Crippen LogP contribution in [0.5, 0.6) is 0 Å². The third kappa shape index (κ3) is 2.77. The van der Waals surface area contributed by atoms with Gasteiger partial charge in [0.15, 0.2) is 0 Å². The van der Waals surface area contributed by atoms with E-state index in [1.807, 2.05) is 20.8 Å². The van der Waals surface area contributed by atoms with Crippen LogP contribution < -0.4 is 0 Å². The number of hydrogen-bond donors (Lipinski definition) is 0. The highest BCUT2D eigenvalue weighted by Gasteiger charge is 2.25. The van der Waals surface area contributed by atoms with Gasteiger partial charge in [0.1, 0.15) is 16.9 Å². The van der Waals surface area contributed by atoms with Gasteiger partial charge in [0.2, 0.25) is 0 Å². The number of morpholine rings is 1. The molecule has 3 rings (SSSR count). The second-order valence-corrected chi connectivity index (χ2v) is 6.11. The van der Waals surface area contributed by atoms with Gasteiger partial charge in [0, 0.05) is 36.3 Å². The van der Waals surface area contributed by atoms with Gasteiger partial charge in [-0.2, -0.15) is 0 Å². The first-order valence-corrected chi connectivity index (χ1v) is 7.69. The fourth-order valence-electron chi connectivity index (χ4n) is 2.47. The standard InChI is InChI=1S/C14H19N3O2S/c1-9-8-20-14(15-9)13-7-17(4-5-18-13)6-12-10(2)16-19-11(12)3/h8,13H,4-7H2,1-3H3/t13-/m0/s1. The molecule has 20 heavy (non-hydrogen) atoms. The molecule has 0 aromatic carbocycles. The number of ether oxygens (including phenoxy) is 1. The molecule has 1 saturated heterocycles. The van der Waals surface area contributed by atoms with Crippen LogP contribution in [0.15, 0.2) is 9.90 Å². The smallest absolute Gasteiger partial charge is 0.138 e. The fraction of sp³-hybridized carbons (Fsp3) is 0.571. The van der Waals surface area contributed by atoms with Crippen molar-refractivity contribution in [1.29, 1.82) is 0 Å². The van der Waals surface area contributed by atoms with Gasteiger partial charge in [-0.25, -0.2) is 4.98 Å². The molecular formula is C14H19N3O2S. The Kier molecular flexibility index (Phi) is 3.87. The molecule has 1 fully saturated rings. The zero-order valence-corrected chi connectivity index (χ0v) is 12.9. The van der Waals surface area contributed by atoms with E-state index in [9.17, 15) is 0 Å². The van der Waals surface area contributed by atoms with Gasteiger partial charge in [0.25, 0.3) is 0 Å². The van der Waals surface area contributed by atoms with Crippen LogP contribution in [-0.4, -0.2) is 34.7 Å². The van der Waals surface area contributed by atoms with Crippen LogP contribution in [-0.2, 0) is 11.3 Å². The number of hydrogen-bond acceptors (Lipinski definition) is 6. The lowest BCUT2D eigenvalue weighted by Gasteiger charge is -2.31. The second kappa shape index (κ2) is 5.63. The van der Waals surface area contributed by atoms with E-state index in [1.54, 1.807) is 11.3 Å². The van der Waals surface area contributed by atoms with Crippen molar-refractivity contribution in [2.75, 3.05) is 19.7 Å². The van der Waals surface area contributed by atoms with Crippen LogP contribution in [0.3, 0.4) is 0 Å². The molecule has 0 spiro atoms. The van der Waals surface area contributed by atoms with E-state index in [0.29, 0.717) is 0 Å². The maximum atomic E-state index is 5.85. The van der Waals surface area contributed by atoms with E-state index in [1.165, 1.54) is 5.56 Å². The van der Waals surface area contributed by atoms with Crippen LogP contribution in [0.25, 0.3) is 0 Å². The maximum absolute atomic E-state index is 5.85. The molecule has 1 atom stereocenters. The van der Waals surface area contributed by atoms with Crippen molar-refractivity contribution in [3.63, 3.8) is 0 Å². The minimum Gasteiger partial charge on any atom is -0.368 e. The Balaban J connectivity index is 1.69. The molecule has 0 bridgehead atoms. The van der Waals surface area contributed by atoms with Gasteiger partial charge in [0.05, 0.1) is 12.3 Å². The molecule has 1 aliphatic heterocycles. The average molecular weight is 293 g/mol. The largest absolute Gasteiger partial charge is 0.368 e. The predicted molar refractivity (Wildman–Crippen MR) is 76.8 cm³/mol. The van der Waals surface area contributed by atoms with E-state index < -0.39 is 0 Å². The Bertz CT molecular complexity index is 574. The monoisotopic (exact) mass is 293 g/mol. The quantitative estimate of drug-likeness (QED) is 0.870. The van der Waals surface area contributed by atoms with Crippen molar-refractivity contribution in [3.8, 4) is 0 Å². The number of aromatic nitrogens is 2. The molecule has 2 aromatic heterocycles. The highest BCUT2D eigenvalue weighted by Crippen LogP contribution is 2.26. The summed E-state index contributed by atoms with van der Waals surface area (Å²) in [4.78, 5) is 6.92.